The number of pyridine rings is 1. The van der Waals surface area contributed by atoms with Crippen LogP contribution in [0, 0.1) is 6.20 Å². The molecular formula is C16H14N5O. The first-order valence-corrected chi connectivity index (χ1v) is 6.80. The van der Waals surface area contributed by atoms with Gasteiger partial charge in [-0.05, 0) is 18.6 Å². The Morgan fingerprint density at radius 2 is 2.05 bits per heavy atom. The average molecular weight is 292 g/mol. The quantitative estimate of drug-likeness (QED) is 0.768. The molecule has 1 aromatic carbocycles. The van der Waals surface area contributed by atoms with Crippen molar-refractivity contribution in [3.63, 3.8) is 0 Å². The Kier molecular flexibility index (Phi) is 3.65. The fraction of sp³-hybridized carbons (Fsp3) is 0.125. The van der Waals surface area contributed by atoms with Gasteiger partial charge in [0.05, 0.1) is 17.9 Å². The second-order valence-corrected chi connectivity index (χ2v) is 4.87. The zero-order valence-electron chi connectivity index (χ0n) is 11.9. The second kappa shape index (κ2) is 5.77. The molecule has 0 saturated heterocycles. The Balaban J connectivity index is 2.04. The number of hydrogen-bond donors (Lipinski definition) is 2. The number of amides is 1. The number of nitrogens with two attached hydrogens (primary N) is 1. The Bertz CT molecular complexity index is 819. The first kappa shape index (κ1) is 13.9. The van der Waals surface area contributed by atoms with Gasteiger partial charge < -0.3 is 11.1 Å². The number of anilines is 1. The molecule has 0 aliphatic carbocycles. The van der Waals surface area contributed by atoms with Crippen molar-refractivity contribution < 1.29 is 4.79 Å². The number of nitrogens with one attached hydrogen (secondary N) is 1. The minimum Gasteiger partial charge on any atom is -0.363 e. The van der Waals surface area contributed by atoms with E-state index in [0.717, 1.165) is 10.9 Å². The predicted octanol–water partition coefficient (Wildman–Crippen LogP) is 2.10. The standard InChI is InChI=1S/C16H14N5O/c1-10(11-5-3-2-4-6-11)19-15-12-7-8-18-9-13(12)20-16(21-15)14(17)22/h2-7,9-10H,1H3,(H2,17,22)(H,19,20,21). The number of benzene rings is 1. The first-order chi connectivity index (χ1) is 10.6. The summed E-state index contributed by atoms with van der Waals surface area (Å²) >= 11 is 0. The predicted molar refractivity (Wildman–Crippen MR) is 83.2 cm³/mol. The number of rotatable bonds is 4. The molecule has 3 rings (SSSR count). The highest BCUT2D eigenvalue weighted by atomic mass is 16.1. The van der Waals surface area contributed by atoms with Gasteiger partial charge in [-0.3, -0.25) is 9.78 Å². The van der Waals surface area contributed by atoms with Crippen LogP contribution in [0.2, 0.25) is 0 Å². The molecule has 22 heavy (non-hydrogen) atoms. The van der Waals surface area contributed by atoms with E-state index in [9.17, 15) is 4.79 Å². The fourth-order valence-corrected chi connectivity index (χ4v) is 2.18. The zero-order chi connectivity index (χ0) is 15.5. The van der Waals surface area contributed by atoms with Gasteiger partial charge in [-0.15, -0.1) is 0 Å². The smallest absolute Gasteiger partial charge is 0.286 e. The molecule has 0 saturated carbocycles. The van der Waals surface area contributed by atoms with Gasteiger partial charge in [0.15, 0.2) is 0 Å². The molecule has 0 bridgehead atoms. The number of nitrogens with zero attached hydrogens (tertiary/aromatic N) is 3. The van der Waals surface area contributed by atoms with Crippen LogP contribution in [0.3, 0.4) is 0 Å². The maximum absolute atomic E-state index is 11.4. The lowest BCUT2D eigenvalue weighted by atomic mass is 10.1. The molecule has 1 unspecified atom stereocenters. The van der Waals surface area contributed by atoms with Crippen molar-refractivity contribution in [2.75, 3.05) is 5.32 Å². The monoisotopic (exact) mass is 292 g/mol. The normalized spacial score (nSPS) is 12.0. The van der Waals surface area contributed by atoms with Crippen molar-refractivity contribution in [2.24, 2.45) is 5.73 Å². The molecule has 6 nitrogen and oxygen atoms in total. The van der Waals surface area contributed by atoms with Gasteiger partial charge in [0, 0.05) is 11.4 Å². The third-order valence-corrected chi connectivity index (χ3v) is 3.32. The number of fused-ring (bicyclic) bond motifs is 1. The zero-order valence-corrected chi connectivity index (χ0v) is 11.9. The molecule has 6 heteroatoms. The van der Waals surface area contributed by atoms with Gasteiger partial charge in [-0.2, -0.15) is 0 Å². The largest absolute Gasteiger partial charge is 0.363 e. The Morgan fingerprint density at radius 1 is 1.27 bits per heavy atom. The highest BCUT2D eigenvalue weighted by Gasteiger charge is 2.14. The number of primary amides is 1. The summed E-state index contributed by atoms with van der Waals surface area (Å²) in [6.07, 6.45) is 4.28. The Morgan fingerprint density at radius 3 is 2.77 bits per heavy atom. The van der Waals surface area contributed by atoms with E-state index in [1.165, 1.54) is 6.20 Å². The van der Waals surface area contributed by atoms with E-state index in [1.807, 2.05) is 37.3 Å². The van der Waals surface area contributed by atoms with Crippen LogP contribution in [0.25, 0.3) is 10.9 Å². The number of carbonyl (C=O) groups excluding carboxylic acids is 1. The van der Waals surface area contributed by atoms with Gasteiger partial charge in [-0.1, -0.05) is 30.3 Å². The van der Waals surface area contributed by atoms with Gasteiger partial charge in [-0.25, -0.2) is 9.97 Å². The van der Waals surface area contributed by atoms with Crippen LogP contribution in [0.4, 0.5) is 5.82 Å². The molecule has 0 fully saturated rings. The van der Waals surface area contributed by atoms with E-state index in [-0.39, 0.29) is 11.9 Å². The van der Waals surface area contributed by atoms with Gasteiger partial charge >= 0.3 is 0 Å². The number of aromatic nitrogens is 3. The molecule has 0 spiro atoms. The lowest BCUT2D eigenvalue weighted by molar-refractivity contribution is 0.0991. The minimum absolute atomic E-state index is 0.00759. The first-order valence-electron chi connectivity index (χ1n) is 6.80. The van der Waals surface area contributed by atoms with E-state index in [0.29, 0.717) is 11.3 Å². The third-order valence-electron chi connectivity index (χ3n) is 3.32. The van der Waals surface area contributed by atoms with Crippen molar-refractivity contribution in [3.8, 4) is 0 Å². The van der Waals surface area contributed by atoms with E-state index in [2.05, 4.69) is 26.5 Å². The molecule has 3 N–H and O–H groups in total. The molecule has 3 aromatic rings. The van der Waals surface area contributed by atoms with Crippen molar-refractivity contribution in [1.29, 1.82) is 0 Å². The summed E-state index contributed by atoms with van der Waals surface area (Å²) in [5.41, 5.74) is 6.95. The molecule has 1 radical (unpaired) electrons. The topological polar surface area (TPSA) is 93.8 Å². The summed E-state index contributed by atoms with van der Waals surface area (Å²) in [7, 11) is 0. The summed E-state index contributed by atoms with van der Waals surface area (Å²) in [4.78, 5) is 23.6. The fourth-order valence-electron chi connectivity index (χ4n) is 2.18. The van der Waals surface area contributed by atoms with E-state index < -0.39 is 5.91 Å². The van der Waals surface area contributed by atoms with Crippen molar-refractivity contribution in [2.45, 2.75) is 13.0 Å². The molecule has 2 aromatic heterocycles. The van der Waals surface area contributed by atoms with Gasteiger partial charge in [0.2, 0.25) is 5.82 Å². The number of carbonyl (C=O) groups is 1. The van der Waals surface area contributed by atoms with Crippen LogP contribution in [0.1, 0.15) is 29.1 Å². The van der Waals surface area contributed by atoms with Crippen molar-refractivity contribution >= 4 is 22.6 Å². The van der Waals surface area contributed by atoms with Crippen molar-refractivity contribution in [3.05, 3.63) is 60.2 Å². The summed E-state index contributed by atoms with van der Waals surface area (Å²) in [5.74, 6) is -0.179. The van der Waals surface area contributed by atoms with E-state index in [1.54, 1.807) is 6.07 Å². The third kappa shape index (κ3) is 2.71. The van der Waals surface area contributed by atoms with Crippen molar-refractivity contribution in [1.82, 2.24) is 15.0 Å². The Labute approximate surface area is 127 Å². The SMILES string of the molecule is CC(Nc1nc(C(N)=O)nc2cn[c]cc12)c1ccccc1. The second-order valence-electron chi connectivity index (χ2n) is 4.87. The molecule has 1 atom stereocenters. The number of hydrogen-bond acceptors (Lipinski definition) is 5. The van der Waals surface area contributed by atoms with Gasteiger partial charge in [0.25, 0.3) is 5.91 Å². The van der Waals surface area contributed by atoms with E-state index >= 15 is 0 Å². The molecule has 2 heterocycles. The average Bonchev–Trinajstić information content (AvgIpc) is 2.55. The van der Waals surface area contributed by atoms with Crippen LogP contribution in [0.15, 0.2) is 42.6 Å². The summed E-state index contributed by atoms with van der Waals surface area (Å²) < 4.78 is 0. The summed E-state index contributed by atoms with van der Waals surface area (Å²) in [5, 5.41) is 4.03. The molecular weight excluding hydrogens is 278 g/mol. The Hall–Kier alpha value is -3.02. The lowest BCUT2D eigenvalue weighted by Gasteiger charge is -2.16. The maximum atomic E-state index is 11.4. The highest BCUT2D eigenvalue weighted by molar-refractivity contribution is 5.95. The minimum atomic E-state index is -0.676. The van der Waals surface area contributed by atoms with Crippen LogP contribution in [0.5, 0.6) is 0 Å². The van der Waals surface area contributed by atoms with E-state index in [4.69, 9.17) is 5.73 Å². The van der Waals surface area contributed by atoms with Gasteiger partial charge in [0.1, 0.15) is 5.82 Å². The highest BCUT2D eigenvalue weighted by Crippen LogP contribution is 2.24. The summed E-state index contributed by atoms with van der Waals surface area (Å²) in [6, 6.07) is 11.6. The maximum Gasteiger partial charge on any atom is 0.286 e. The van der Waals surface area contributed by atoms with Crippen LogP contribution in [-0.2, 0) is 0 Å². The van der Waals surface area contributed by atoms with Crippen LogP contribution >= 0.6 is 0 Å². The van der Waals surface area contributed by atoms with Crippen LogP contribution in [-0.4, -0.2) is 20.9 Å². The lowest BCUT2D eigenvalue weighted by Crippen LogP contribution is -2.17. The molecule has 0 aliphatic rings. The van der Waals surface area contributed by atoms with Crippen LogP contribution < -0.4 is 11.1 Å². The molecule has 109 valence electrons. The molecule has 0 aliphatic heterocycles. The molecule has 1 amide bonds. The summed E-state index contributed by atoms with van der Waals surface area (Å²) in [6.45, 7) is 2.01.